The molecule has 0 aliphatic rings. The molecule has 1 N–H and O–H groups in total. The number of benzene rings is 1. The SMILES string of the molecule is COc1cc(Nc2ccncc2Br)ccc1F. The van der Waals surface area contributed by atoms with Gasteiger partial charge in [-0.15, -0.1) is 0 Å². The fourth-order valence-corrected chi connectivity index (χ4v) is 1.72. The summed E-state index contributed by atoms with van der Waals surface area (Å²) in [4.78, 5) is 3.96. The summed E-state index contributed by atoms with van der Waals surface area (Å²) in [6, 6.07) is 6.42. The van der Waals surface area contributed by atoms with Crippen molar-refractivity contribution in [2.45, 2.75) is 0 Å². The van der Waals surface area contributed by atoms with E-state index in [0.29, 0.717) is 0 Å². The summed E-state index contributed by atoms with van der Waals surface area (Å²) < 4.78 is 19.0. The molecule has 88 valence electrons. The van der Waals surface area contributed by atoms with Crippen molar-refractivity contribution < 1.29 is 9.13 Å². The van der Waals surface area contributed by atoms with Crippen molar-refractivity contribution in [2.75, 3.05) is 12.4 Å². The summed E-state index contributed by atoms with van der Waals surface area (Å²) in [5.41, 5.74) is 1.60. The second kappa shape index (κ2) is 5.14. The maximum atomic E-state index is 13.2. The van der Waals surface area contributed by atoms with Gasteiger partial charge < -0.3 is 10.1 Å². The highest BCUT2D eigenvalue weighted by atomic mass is 79.9. The van der Waals surface area contributed by atoms with Crippen molar-refractivity contribution >= 4 is 27.3 Å². The maximum Gasteiger partial charge on any atom is 0.165 e. The van der Waals surface area contributed by atoms with Crippen molar-refractivity contribution in [3.63, 3.8) is 0 Å². The monoisotopic (exact) mass is 296 g/mol. The van der Waals surface area contributed by atoms with E-state index in [1.165, 1.54) is 13.2 Å². The molecular weight excluding hydrogens is 287 g/mol. The topological polar surface area (TPSA) is 34.1 Å². The Morgan fingerprint density at radius 3 is 2.88 bits per heavy atom. The Bertz CT molecular complexity index is 534. The number of anilines is 2. The standard InChI is InChI=1S/C12H10BrFN2O/c1-17-12-6-8(2-3-10(12)14)16-11-4-5-15-7-9(11)13/h2-7H,1H3,(H,15,16). The molecule has 5 heteroatoms. The average molecular weight is 297 g/mol. The number of aromatic nitrogens is 1. The van der Waals surface area contributed by atoms with Crippen molar-refractivity contribution in [3.05, 3.63) is 46.9 Å². The molecule has 0 radical (unpaired) electrons. The molecule has 0 atom stereocenters. The van der Waals surface area contributed by atoms with Gasteiger partial charge in [-0.25, -0.2) is 4.39 Å². The molecule has 0 bridgehead atoms. The van der Waals surface area contributed by atoms with E-state index in [2.05, 4.69) is 26.2 Å². The van der Waals surface area contributed by atoms with E-state index in [1.807, 2.05) is 6.07 Å². The van der Waals surface area contributed by atoms with Crippen molar-refractivity contribution in [2.24, 2.45) is 0 Å². The molecule has 0 amide bonds. The minimum Gasteiger partial charge on any atom is -0.494 e. The molecule has 0 saturated carbocycles. The van der Waals surface area contributed by atoms with Crippen LogP contribution in [0.4, 0.5) is 15.8 Å². The van der Waals surface area contributed by atoms with Crippen LogP contribution in [0.15, 0.2) is 41.1 Å². The summed E-state index contributed by atoms with van der Waals surface area (Å²) in [5, 5.41) is 3.14. The fourth-order valence-electron chi connectivity index (χ4n) is 1.37. The van der Waals surface area contributed by atoms with Crippen LogP contribution in [0.25, 0.3) is 0 Å². The lowest BCUT2D eigenvalue weighted by Crippen LogP contribution is -1.94. The summed E-state index contributed by atoms with van der Waals surface area (Å²) in [6.07, 6.45) is 3.36. The van der Waals surface area contributed by atoms with Crippen molar-refractivity contribution in [1.29, 1.82) is 0 Å². The van der Waals surface area contributed by atoms with Crippen LogP contribution < -0.4 is 10.1 Å². The number of nitrogens with zero attached hydrogens (tertiary/aromatic N) is 1. The van der Waals surface area contributed by atoms with E-state index in [0.717, 1.165) is 15.8 Å². The van der Waals surface area contributed by atoms with E-state index in [9.17, 15) is 4.39 Å². The smallest absolute Gasteiger partial charge is 0.165 e. The van der Waals surface area contributed by atoms with Gasteiger partial charge in [-0.1, -0.05) is 0 Å². The molecule has 1 heterocycles. The predicted octanol–water partition coefficient (Wildman–Crippen LogP) is 3.74. The summed E-state index contributed by atoms with van der Waals surface area (Å²) in [6.45, 7) is 0. The van der Waals surface area contributed by atoms with Gasteiger partial charge in [0.25, 0.3) is 0 Å². The minimum atomic E-state index is -0.383. The predicted molar refractivity (Wildman–Crippen MR) is 68.2 cm³/mol. The summed E-state index contributed by atoms with van der Waals surface area (Å²) in [7, 11) is 1.44. The van der Waals surface area contributed by atoms with E-state index >= 15 is 0 Å². The second-order valence-corrected chi connectivity index (χ2v) is 4.18. The summed E-state index contributed by atoms with van der Waals surface area (Å²) in [5.74, 6) is -0.174. The van der Waals surface area contributed by atoms with E-state index in [4.69, 9.17) is 4.74 Å². The number of nitrogens with one attached hydrogen (secondary N) is 1. The molecular formula is C12H10BrFN2O. The lowest BCUT2D eigenvalue weighted by atomic mass is 10.2. The third-order valence-corrected chi connectivity index (χ3v) is 2.83. The number of rotatable bonds is 3. The van der Waals surface area contributed by atoms with E-state index < -0.39 is 0 Å². The second-order valence-electron chi connectivity index (χ2n) is 3.33. The molecule has 3 nitrogen and oxygen atoms in total. The normalized spacial score (nSPS) is 10.1. The van der Waals surface area contributed by atoms with Gasteiger partial charge in [0.1, 0.15) is 0 Å². The first kappa shape index (κ1) is 11.9. The zero-order valence-electron chi connectivity index (χ0n) is 9.08. The quantitative estimate of drug-likeness (QED) is 0.937. The molecule has 17 heavy (non-hydrogen) atoms. The third-order valence-electron chi connectivity index (χ3n) is 2.20. The van der Waals surface area contributed by atoms with Crippen LogP contribution in [0.5, 0.6) is 5.75 Å². The molecule has 0 unspecified atom stereocenters. The summed E-state index contributed by atoms with van der Waals surface area (Å²) >= 11 is 3.37. The first-order valence-corrected chi connectivity index (χ1v) is 5.70. The van der Waals surface area contributed by atoms with Gasteiger partial charge in [0.2, 0.25) is 0 Å². The highest BCUT2D eigenvalue weighted by Crippen LogP contribution is 2.27. The molecule has 0 aliphatic heterocycles. The largest absolute Gasteiger partial charge is 0.494 e. The van der Waals surface area contributed by atoms with Gasteiger partial charge in [-0.2, -0.15) is 0 Å². The lowest BCUT2D eigenvalue weighted by molar-refractivity contribution is 0.387. The van der Waals surface area contributed by atoms with Crippen LogP contribution in [0.1, 0.15) is 0 Å². The Kier molecular flexibility index (Phi) is 3.58. The van der Waals surface area contributed by atoms with Crippen LogP contribution in [0.2, 0.25) is 0 Å². The molecule has 2 rings (SSSR count). The van der Waals surface area contributed by atoms with E-state index in [1.54, 1.807) is 24.5 Å². The average Bonchev–Trinajstić information content (AvgIpc) is 2.34. The first-order valence-electron chi connectivity index (χ1n) is 4.91. The number of pyridine rings is 1. The van der Waals surface area contributed by atoms with Gasteiger partial charge in [0.05, 0.1) is 17.3 Å². The van der Waals surface area contributed by atoms with Crippen LogP contribution in [0, 0.1) is 5.82 Å². The Morgan fingerprint density at radius 1 is 1.35 bits per heavy atom. The van der Waals surface area contributed by atoms with Crippen LogP contribution in [-0.2, 0) is 0 Å². The fraction of sp³-hybridized carbons (Fsp3) is 0.0833. The Labute approximate surface area is 107 Å². The molecule has 2 aromatic rings. The lowest BCUT2D eigenvalue weighted by Gasteiger charge is -2.09. The number of halogens is 2. The number of hydrogen-bond donors (Lipinski definition) is 1. The zero-order valence-corrected chi connectivity index (χ0v) is 10.7. The Hall–Kier alpha value is -1.62. The first-order chi connectivity index (χ1) is 8.20. The molecule has 0 fully saturated rings. The Balaban J connectivity index is 2.28. The molecule has 0 saturated heterocycles. The molecule has 0 aliphatic carbocycles. The maximum absolute atomic E-state index is 13.2. The molecule has 0 spiro atoms. The Morgan fingerprint density at radius 2 is 2.18 bits per heavy atom. The molecule has 1 aromatic heterocycles. The van der Waals surface area contributed by atoms with Gasteiger partial charge in [0.15, 0.2) is 11.6 Å². The minimum absolute atomic E-state index is 0.208. The van der Waals surface area contributed by atoms with Crippen molar-refractivity contribution in [1.82, 2.24) is 4.98 Å². The van der Waals surface area contributed by atoms with Gasteiger partial charge in [0, 0.05) is 24.1 Å². The number of methoxy groups -OCH3 is 1. The number of ether oxygens (including phenoxy) is 1. The van der Waals surface area contributed by atoms with E-state index in [-0.39, 0.29) is 11.6 Å². The van der Waals surface area contributed by atoms with Crippen LogP contribution in [-0.4, -0.2) is 12.1 Å². The van der Waals surface area contributed by atoms with Gasteiger partial charge in [-0.05, 0) is 34.1 Å². The molecule has 1 aromatic carbocycles. The zero-order chi connectivity index (χ0) is 12.3. The van der Waals surface area contributed by atoms with Gasteiger partial charge in [-0.3, -0.25) is 4.98 Å². The third kappa shape index (κ3) is 2.74. The van der Waals surface area contributed by atoms with Crippen molar-refractivity contribution in [3.8, 4) is 5.75 Å². The van der Waals surface area contributed by atoms with Crippen LogP contribution >= 0.6 is 15.9 Å². The highest BCUT2D eigenvalue weighted by molar-refractivity contribution is 9.10. The van der Waals surface area contributed by atoms with Crippen LogP contribution in [0.3, 0.4) is 0 Å². The van der Waals surface area contributed by atoms with Gasteiger partial charge >= 0.3 is 0 Å². The number of hydrogen-bond acceptors (Lipinski definition) is 3. The highest BCUT2D eigenvalue weighted by Gasteiger charge is 2.05.